The van der Waals surface area contributed by atoms with E-state index in [1.807, 2.05) is 45.9 Å². The number of hydrogen-bond acceptors (Lipinski definition) is 4. The van der Waals surface area contributed by atoms with Crippen LogP contribution in [0.1, 0.15) is 43.6 Å². The number of allylic oxidation sites excluding steroid dienone is 1. The molecule has 148 valence electrons. The molecule has 0 N–H and O–H groups in total. The second-order valence-corrected chi connectivity index (χ2v) is 6.86. The van der Waals surface area contributed by atoms with Crippen molar-refractivity contribution < 1.29 is 19.0 Å². The van der Waals surface area contributed by atoms with Gasteiger partial charge in [-0.3, -0.25) is 4.79 Å². The Morgan fingerprint density at radius 3 is 2.21 bits per heavy atom. The van der Waals surface area contributed by atoms with E-state index in [0.29, 0.717) is 29.4 Å². The lowest BCUT2D eigenvalue weighted by Crippen LogP contribution is -2.10. The molecule has 0 aromatic heterocycles. The van der Waals surface area contributed by atoms with Crippen molar-refractivity contribution in [1.82, 2.24) is 0 Å². The molecule has 28 heavy (non-hydrogen) atoms. The molecule has 0 unspecified atom stereocenters. The molecule has 4 heteroatoms. The van der Waals surface area contributed by atoms with Gasteiger partial charge in [0.05, 0.1) is 12.2 Å². The van der Waals surface area contributed by atoms with E-state index in [2.05, 4.69) is 6.58 Å². The first kappa shape index (κ1) is 21.3. The third kappa shape index (κ3) is 6.62. The number of rotatable bonds is 10. The molecule has 2 aromatic carbocycles. The molecule has 0 heterocycles. The molecule has 0 aliphatic heterocycles. The molecule has 0 fully saturated rings. The maximum Gasteiger partial charge on any atom is 0.185 e. The standard InChI is InChI=1S/C24H28O4/c1-6-15-26-21-11-9-20(10-12-21)22(25)13-7-19-8-14-23(27-17(2)3)24(16-19)28-18(4)5/h6-14,16-18H,1,15H2,2-5H3. The SMILES string of the molecule is C=CCOc1ccc(C(=O)C=Cc2ccc(OC(C)C)c(OC(C)C)c2)cc1. The van der Waals surface area contributed by atoms with Crippen molar-refractivity contribution >= 4 is 11.9 Å². The Morgan fingerprint density at radius 1 is 0.964 bits per heavy atom. The Balaban J connectivity index is 2.13. The summed E-state index contributed by atoms with van der Waals surface area (Å²) in [6.45, 7) is 11.9. The molecule has 0 radical (unpaired) electrons. The van der Waals surface area contributed by atoms with E-state index >= 15 is 0 Å². The number of carbonyl (C=O) groups is 1. The van der Waals surface area contributed by atoms with Gasteiger partial charge < -0.3 is 14.2 Å². The molecule has 4 nitrogen and oxygen atoms in total. The number of hydrogen-bond donors (Lipinski definition) is 0. The highest BCUT2D eigenvalue weighted by Crippen LogP contribution is 2.30. The van der Waals surface area contributed by atoms with E-state index in [0.717, 1.165) is 5.56 Å². The van der Waals surface area contributed by atoms with E-state index < -0.39 is 0 Å². The Kier molecular flexibility index (Phi) is 7.88. The van der Waals surface area contributed by atoms with E-state index in [1.54, 1.807) is 42.5 Å². The zero-order valence-electron chi connectivity index (χ0n) is 17.0. The average Bonchev–Trinajstić information content (AvgIpc) is 2.66. The fraction of sp³-hybridized carbons (Fsp3) is 0.292. The van der Waals surface area contributed by atoms with Gasteiger partial charge in [-0.1, -0.05) is 24.8 Å². The minimum absolute atomic E-state index is 0.0252. The third-order valence-corrected chi connectivity index (χ3v) is 3.63. The third-order valence-electron chi connectivity index (χ3n) is 3.63. The van der Waals surface area contributed by atoms with Gasteiger partial charge in [-0.2, -0.15) is 0 Å². The van der Waals surface area contributed by atoms with Gasteiger partial charge in [0.25, 0.3) is 0 Å². The van der Waals surface area contributed by atoms with Crippen LogP contribution >= 0.6 is 0 Å². The predicted molar refractivity (Wildman–Crippen MR) is 113 cm³/mol. The maximum atomic E-state index is 12.4. The smallest absolute Gasteiger partial charge is 0.185 e. The van der Waals surface area contributed by atoms with Gasteiger partial charge >= 0.3 is 0 Å². The lowest BCUT2D eigenvalue weighted by molar-refractivity contribution is 0.104. The van der Waals surface area contributed by atoms with Crippen molar-refractivity contribution in [1.29, 1.82) is 0 Å². The van der Waals surface area contributed by atoms with Crippen LogP contribution in [0.3, 0.4) is 0 Å². The number of carbonyl (C=O) groups excluding carboxylic acids is 1. The van der Waals surface area contributed by atoms with Crippen molar-refractivity contribution in [3.8, 4) is 17.2 Å². The minimum atomic E-state index is -0.0795. The van der Waals surface area contributed by atoms with E-state index in [9.17, 15) is 4.79 Å². The number of benzene rings is 2. The van der Waals surface area contributed by atoms with Crippen molar-refractivity contribution in [3.05, 3.63) is 72.3 Å². The molecule has 2 rings (SSSR count). The summed E-state index contributed by atoms with van der Waals surface area (Å²) in [5.41, 5.74) is 1.46. The van der Waals surface area contributed by atoms with Crippen LogP contribution in [0.5, 0.6) is 17.2 Å². The molecular formula is C24H28O4. The van der Waals surface area contributed by atoms with Crippen molar-refractivity contribution in [2.75, 3.05) is 6.61 Å². The minimum Gasteiger partial charge on any atom is -0.490 e. The molecule has 0 spiro atoms. The Morgan fingerprint density at radius 2 is 1.61 bits per heavy atom. The number of ketones is 1. The first-order valence-electron chi connectivity index (χ1n) is 9.42. The fourth-order valence-electron chi connectivity index (χ4n) is 2.46. The Labute approximate surface area is 167 Å². The van der Waals surface area contributed by atoms with Gasteiger partial charge in [0.2, 0.25) is 0 Å². The van der Waals surface area contributed by atoms with Crippen LogP contribution in [0.15, 0.2) is 61.2 Å². The molecular weight excluding hydrogens is 352 g/mol. The zero-order chi connectivity index (χ0) is 20.5. The second-order valence-electron chi connectivity index (χ2n) is 6.86. The summed E-state index contributed by atoms with van der Waals surface area (Å²) in [4.78, 5) is 12.4. The van der Waals surface area contributed by atoms with Crippen LogP contribution in [-0.4, -0.2) is 24.6 Å². The van der Waals surface area contributed by atoms with Crippen LogP contribution in [0.4, 0.5) is 0 Å². The van der Waals surface area contributed by atoms with Crippen LogP contribution in [-0.2, 0) is 0 Å². The van der Waals surface area contributed by atoms with Crippen LogP contribution in [0.2, 0.25) is 0 Å². The predicted octanol–water partition coefficient (Wildman–Crippen LogP) is 5.72. The first-order valence-corrected chi connectivity index (χ1v) is 9.42. The quantitative estimate of drug-likeness (QED) is 0.300. The summed E-state index contributed by atoms with van der Waals surface area (Å²) in [7, 11) is 0. The lowest BCUT2D eigenvalue weighted by atomic mass is 10.1. The Bertz CT molecular complexity index is 817. The zero-order valence-corrected chi connectivity index (χ0v) is 17.0. The lowest BCUT2D eigenvalue weighted by Gasteiger charge is -2.17. The summed E-state index contributed by atoms with van der Waals surface area (Å²) < 4.78 is 17.1. The molecule has 0 aliphatic rings. The summed E-state index contributed by atoms with van der Waals surface area (Å²) >= 11 is 0. The van der Waals surface area contributed by atoms with Crippen LogP contribution in [0, 0.1) is 0 Å². The molecule has 0 aliphatic carbocycles. The summed E-state index contributed by atoms with van der Waals surface area (Å²) in [6.07, 6.45) is 5.08. The van der Waals surface area contributed by atoms with Gasteiger partial charge in [0.15, 0.2) is 17.3 Å². The molecule has 2 aromatic rings. The molecule has 0 atom stereocenters. The highest BCUT2D eigenvalue weighted by Gasteiger charge is 2.10. The largest absolute Gasteiger partial charge is 0.490 e. The van der Waals surface area contributed by atoms with E-state index in [-0.39, 0.29) is 18.0 Å². The average molecular weight is 380 g/mol. The fourth-order valence-corrected chi connectivity index (χ4v) is 2.46. The monoisotopic (exact) mass is 380 g/mol. The van der Waals surface area contributed by atoms with Crippen LogP contribution < -0.4 is 14.2 Å². The van der Waals surface area contributed by atoms with E-state index in [4.69, 9.17) is 14.2 Å². The highest BCUT2D eigenvalue weighted by molar-refractivity contribution is 6.06. The Hall–Kier alpha value is -3.01. The van der Waals surface area contributed by atoms with Gasteiger partial charge in [0.1, 0.15) is 12.4 Å². The van der Waals surface area contributed by atoms with Gasteiger partial charge in [-0.25, -0.2) is 0 Å². The molecule has 0 amide bonds. The van der Waals surface area contributed by atoms with Gasteiger partial charge in [0, 0.05) is 5.56 Å². The normalized spacial score (nSPS) is 11.1. The first-order chi connectivity index (χ1) is 13.4. The van der Waals surface area contributed by atoms with Gasteiger partial charge in [-0.15, -0.1) is 0 Å². The maximum absolute atomic E-state index is 12.4. The van der Waals surface area contributed by atoms with Crippen molar-refractivity contribution in [3.63, 3.8) is 0 Å². The second kappa shape index (κ2) is 10.4. The van der Waals surface area contributed by atoms with Gasteiger partial charge in [-0.05, 0) is 75.7 Å². The summed E-state index contributed by atoms with van der Waals surface area (Å²) in [5, 5.41) is 0. The molecule has 0 bridgehead atoms. The van der Waals surface area contributed by atoms with Crippen molar-refractivity contribution in [2.24, 2.45) is 0 Å². The molecule has 0 saturated carbocycles. The van der Waals surface area contributed by atoms with E-state index in [1.165, 1.54) is 0 Å². The summed E-state index contributed by atoms with van der Waals surface area (Å²) in [5.74, 6) is 1.99. The highest BCUT2D eigenvalue weighted by atomic mass is 16.5. The van der Waals surface area contributed by atoms with Crippen molar-refractivity contribution in [2.45, 2.75) is 39.9 Å². The molecule has 0 saturated heterocycles. The summed E-state index contributed by atoms with van der Waals surface area (Å²) in [6, 6.07) is 12.7. The number of ether oxygens (including phenoxy) is 3. The van der Waals surface area contributed by atoms with Crippen LogP contribution in [0.25, 0.3) is 6.08 Å². The topological polar surface area (TPSA) is 44.8 Å².